The molecule has 3 aliphatic rings. The molecular formula is C23H36FN5O2. The van der Waals surface area contributed by atoms with Crippen LogP contribution in [0.2, 0.25) is 0 Å². The number of piperazine rings is 1. The maximum Gasteiger partial charge on any atom is 0.194 e. The van der Waals surface area contributed by atoms with Gasteiger partial charge in [0.2, 0.25) is 0 Å². The molecule has 2 atom stereocenters. The number of rotatable bonds is 6. The van der Waals surface area contributed by atoms with Crippen LogP contribution in [0.5, 0.6) is 0 Å². The number of nitrogens with one attached hydrogen (secondary N) is 1. The molecule has 8 heteroatoms. The van der Waals surface area contributed by atoms with E-state index in [0.717, 1.165) is 96.6 Å². The van der Waals surface area contributed by atoms with E-state index in [2.05, 4.69) is 26.9 Å². The van der Waals surface area contributed by atoms with Crippen LogP contribution < -0.4 is 10.2 Å². The van der Waals surface area contributed by atoms with Crippen LogP contribution >= 0.6 is 0 Å². The van der Waals surface area contributed by atoms with Gasteiger partial charge in [0.05, 0.1) is 19.3 Å². The fraction of sp³-hybridized carbons (Fsp3) is 0.696. The molecule has 1 N–H and O–H groups in total. The van der Waals surface area contributed by atoms with Crippen molar-refractivity contribution in [3.63, 3.8) is 0 Å². The molecule has 172 valence electrons. The molecule has 2 unspecified atom stereocenters. The van der Waals surface area contributed by atoms with E-state index in [1.807, 2.05) is 12.1 Å². The highest BCUT2D eigenvalue weighted by Gasteiger charge is 2.32. The highest BCUT2D eigenvalue weighted by Crippen LogP contribution is 2.21. The topological polar surface area (TPSA) is 52.6 Å². The van der Waals surface area contributed by atoms with Gasteiger partial charge >= 0.3 is 0 Å². The maximum atomic E-state index is 13.1. The van der Waals surface area contributed by atoms with E-state index >= 15 is 0 Å². The van der Waals surface area contributed by atoms with Crippen LogP contribution in [0.25, 0.3) is 0 Å². The van der Waals surface area contributed by atoms with Crippen LogP contribution in [0.3, 0.4) is 0 Å². The molecule has 0 aliphatic carbocycles. The SMILES string of the molecule is CCNC(=NCCN1CCN(c2ccc(F)cc2)CC1)N1CCOC(C2CCCO2)C1. The summed E-state index contributed by atoms with van der Waals surface area (Å²) in [6, 6.07) is 6.80. The van der Waals surface area contributed by atoms with Gasteiger partial charge in [-0.2, -0.15) is 0 Å². The fourth-order valence-electron chi connectivity index (χ4n) is 4.59. The Morgan fingerprint density at radius 2 is 1.84 bits per heavy atom. The first-order valence-corrected chi connectivity index (χ1v) is 11.7. The van der Waals surface area contributed by atoms with E-state index in [0.29, 0.717) is 0 Å². The summed E-state index contributed by atoms with van der Waals surface area (Å²) in [5.41, 5.74) is 1.10. The lowest BCUT2D eigenvalue weighted by Crippen LogP contribution is -2.53. The zero-order valence-electron chi connectivity index (χ0n) is 18.6. The Bertz CT molecular complexity index is 702. The second kappa shape index (κ2) is 11.1. The van der Waals surface area contributed by atoms with Crippen molar-refractivity contribution in [2.75, 3.05) is 77.0 Å². The van der Waals surface area contributed by atoms with Crippen molar-refractivity contribution in [3.05, 3.63) is 30.1 Å². The Morgan fingerprint density at radius 3 is 2.55 bits per heavy atom. The average molecular weight is 434 g/mol. The molecule has 0 radical (unpaired) electrons. The third-order valence-corrected chi connectivity index (χ3v) is 6.35. The number of guanidine groups is 1. The molecule has 3 fully saturated rings. The number of hydrogen-bond acceptors (Lipinski definition) is 5. The first kappa shape index (κ1) is 22.3. The van der Waals surface area contributed by atoms with Crippen LogP contribution in [-0.4, -0.2) is 100 Å². The summed E-state index contributed by atoms with van der Waals surface area (Å²) < 4.78 is 25.0. The number of benzene rings is 1. The number of nitrogens with zero attached hydrogens (tertiary/aromatic N) is 4. The summed E-state index contributed by atoms with van der Waals surface area (Å²) in [7, 11) is 0. The van der Waals surface area contributed by atoms with Crippen molar-refractivity contribution in [1.82, 2.24) is 15.1 Å². The fourth-order valence-corrected chi connectivity index (χ4v) is 4.59. The molecule has 3 saturated heterocycles. The van der Waals surface area contributed by atoms with Crippen molar-refractivity contribution in [1.29, 1.82) is 0 Å². The molecule has 1 aromatic rings. The highest BCUT2D eigenvalue weighted by atomic mass is 19.1. The third kappa shape index (κ3) is 6.08. The predicted molar refractivity (Wildman–Crippen MR) is 121 cm³/mol. The largest absolute Gasteiger partial charge is 0.375 e. The Labute approximate surface area is 185 Å². The predicted octanol–water partition coefficient (Wildman–Crippen LogP) is 1.79. The molecule has 0 amide bonds. The van der Waals surface area contributed by atoms with E-state index in [4.69, 9.17) is 14.5 Å². The smallest absolute Gasteiger partial charge is 0.194 e. The zero-order valence-corrected chi connectivity index (χ0v) is 18.6. The van der Waals surface area contributed by atoms with Crippen molar-refractivity contribution in [3.8, 4) is 0 Å². The van der Waals surface area contributed by atoms with Crippen LogP contribution in [-0.2, 0) is 9.47 Å². The van der Waals surface area contributed by atoms with Crippen LogP contribution in [0.1, 0.15) is 19.8 Å². The third-order valence-electron chi connectivity index (χ3n) is 6.35. The number of halogens is 1. The molecule has 0 bridgehead atoms. The minimum Gasteiger partial charge on any atom is -0.375 e. The van der Waals surface area contributed by atoms with Crippen LogP contribution in [0.4, 0.5) is 10.1 Å². The molecule has 0 aromatic heterocycles. The van der Waals surface area contributed by atoms with Gasteiger partial charge in [0, 0.05) is 64.7 Å². The maximum absolute atomic E-state index is 13.1. The molecule has 0 saturated carbocycles. The summed E-state index contributed by atoms with van der Waals surface area (Å²) in [4.78, 5) is 12.0. The first-order chi connectivity index (χ1) is 15.2. The van der Waals surface area contributed by atoms with E-state index in [1.54, 1.807) is 0 Å². The Morgan fingerprint density at radius 1 is 1.06 bits per heavy atom. The number of aliphatic imine (C=N–C) groups is 1. The molecule has 31 heavy (non-hydrogen) atoms. The number of morpholine rings is 1. The molecule has 7 nitrogen and oxygen atoms in total. The van der Waals surface area contributed by atoms with Gasteiger partial charge in [-0.3, -0.25) is 9.89 Å². The lowest BCUT2D eigenvalue weighted by atomic mass is 10.1. The molecule has 0 spiro atoms. The Kier molecular flexibility index (Phi) is 7.99. The van der Waals surface area contributed by atoms with Gasteiger partial charge in [-0.15, -0.1) is 0 Å². The van der Waals surface area contributed by atoms with Gasteiger partial charge in [0.15, 0.2) is 5.96 Å². The van der Waals surface area contributed by atoms with Crippen molar-refractivity contribution >= 4 is 11.6 Å². The standard InChI is InChI=1S/C23H36FN5O2/c1-2-25-23(29-15-17-31-22(18-29)21-4-3-16-30-21)26-9-10-27-11-13-28(14-12-27)20-7-5-19(24)6-8-20/h5-8,21-22H,2-4,9-18H2,1H3,(H,25,26). The number of ether oxygens (including phenoxy) is 2. The van der Waals surface area contributed by atoms with E-state index in [-0.39, 0.29) is 18.0 Å². The number of hydrogen-bond donors (Lipinski definition) is 1. The van der Waals surface area contributed by atoms with Crippen molar-refractivity contribution in [2.45, 2.75) is 32.0 Å². The summed E-state index contributed by atoms with van der Waals surface area (Å²) in [5, 5.41) is 3.46. The van der Waals surface area contributed by atoms with Gasteiger partial charge in [-0.05, 0) is 44.0 Å². The van der Waals surface area contributed by atoms with Crippen LogP contribution in [0, 0.1) is 5.82 Å². The molecular weight excluding hydrogens is 397 g/mol. The first-order valence-electron chi connectivity index (χ1n) is 11.7. The minimum absolute atomic E-state index is 0.139. The summed E-state index contributed by atoms with van der Waals surface area (Å²) in [5.74, 6) is 0.804. The lowest BCUT2D eigenvalue weighted by molar-refractivity contribution is -0.0817. The van der Waals surface area contributed by atoms with Crippen LogP contribution in [0.15, 0.2) is 29.3 Å². The highest BCUT2D eigenvalue weighted by molar-refractivity contribution is 5.80. The minimum atomic E-state index is -0.181. The second-order valence-electron chi connectivity index (χ2n) is 8.45. The van der Waals surface area contributed by atoms with Gasteiger partial charge in [0.25, 0.3) is 0 Å². The van der Waals surface area contributed by atoms with E-state index in [9.17, 15) is 4.39 Å². The summed E-state index contributed by atoms with van der Waals surface area (Å²) in [6.07, 6.45) is 2.59. The van der Waals surface area contributed by atoms with Crippen molar-refractivity contribution < 1.29 is 13.9 Å². The quantitative estimate of drug-likeness (QED) is 0.545. The summed E-state index contributed by atoms with van der Waals surface area (Å²) in [6.45, 7) is 11.9. The molecule has 4 rings (SSSR count). The van der Waals surface area contributed by atoms with E-state index in [1.165, 1.54) is 12.1 Å². The van der Waals surface area contributed by atoms with Gasteiger partial charge in [0.1, 0.15) is 11.9 Å². The van der Waals surface area contributed by atoms with Gasteiger partial charge in [-0.1, -0.05) is 0 Å². The van der Waals surface area contributed by atoms with Crippen molar-refractivity contribution in [2.24, 2.45) is 4.99 Å². The average Bonchev–Trinajstić information content (AvgIpc) is 3.35. The Balaban J connectivity index is 1.25. The number of anilines is 1. The lowest BCUT2D eigenvalue weighted by Gasteiger charge is -2.37. The molecule has 3 heterocycles. The second-order valence-corrected chi connectivity index (χ2v) is 8.45. The Hall–Kier alpha value is -1.90. The van der Waals surface area contributed by atoms with Gasteiger partial charge in [-0.25, -0.2) is 4.39 Å². The van der Waals surface area contributed by atoms with Gasteiger partial charge < -0.3 is 24.6 Å². The van der Waals surface area contributed by atoms with E-state index < -0.39 is 0 Å². The monoisotopic (exact) mass is 433 g/mol. The normalized spacial score (nSPS) is 25.8. The zero-order chi connectivity index (χ0) is 21.5. The molecule has 1 aromatic carbocycles. The summed E-state index contributed by atoms with van der Waals surface area (Å²) >= 11 is 0. The molecule has 3 aliphatic heterocycles.